The Balaban J connectivity index is 1.84. The first kappa shape index (κ1) is 13.7. The van der Waals surface area contributed by atoms with Crippen molar-refractivity contribution in [2.24, 2.45) is 0 Å². The number of pyridine rings is 1. The van der Waals surface area contributed by atoms with Crippen molar-refractivity contribution in [1.29, 1.82) is 0 Å². The molecule has 0 saturated carbocycles. The molecule has 0 bridgehead atoms. The summed E-state index contributed by atoms with van der Waals surface area (Å²) in [6.45, 7) is 1.71. The molecule has 2 aromatic heterocycles. The molecule has 1 aromatic carbocycles. The molecule has 6 nitrogen and oxygen atoms in total. The second-order valence-corrected chi connectivity index (χ2v) is 5.40. The maximum atomic E-state index is 9.48. The van der Waals surface area contributed by atoms with Gasteiger partial charge in [-0.05, 0) is 52.9 Å². The maximum absolute atomic E-state index is 9.48. The summed E-state index contributed by atoms with van der Waals surface area (Å²) in [4.78, 5) is 4.30. The highest BCUT2D eigenvalue weighted by molar-refractivity contribution is 7.99. The topological polar surface area (TPSA) is 76.7 Å². The molecule has 21 heavy (non-hydrogen) atoms. The Morgan fingerprint density at radius 1 is 1.14 bits per heavy atom. The molecule has 3 aromatic rings. The minimum Gasteiger partial charge on any atom is -0.389 e. The molecule has 0 saturated heterocycles. The standard InChI is InChI=1S/C14H13N5OS/c1-10(20)11-7-8-13(15-9-11)21-14-16-17-18-19(14)12-5-3-2-4-6-12/h2-10,20H,1H3/t10-/m0/s1. The molecule has 0 aliphatic rings. The third-order valence-electron chi connectivity index (χ3n) is 2.88. The van der Waals surface area contributed by atoms with Crippen LogP contribution >= 0.6 is 11.8 Å². The number of aliphatic hydroxyl groups excluding tert-OH is 1. The molecule has 0 aliphatic carbocycles. The van der Waals surface area contributed by atoms with Crippen LogP contribution in [0.2, 0.25) is 0 Å². The molecule has 1 atom stereocenters. The summed E-state index contributed by atoms with van der Waals surface area (Å²) < 4.78 is 1.66. The first-order valence-corrected chi connectivity index (χ1v) is 7.21. The van der Waals surface area contributed by atoms with Crippen LogP contribution in [-0.4, -0.2) is 30.3 Å². The largest absolute Gasteiger partial charge is 0.389 e. The predicted molar refractivity (Wildman–Crippen MR) is 78.1 cm³/mol. The summed E-state index contributed by atoms with van der Waals surface area (Å²) in [6.07, 6.45) is 1.13. The van der Waals surface area contributed by atoms with Crippen LogP contribution in [0.3, 0.4) is 0 Å². The summed E-state index contributed by atoms with van der Waals surface area (Å²) in [6, 6.07) is 13.4. The fourth-order valence-electron chi connectivity index (χ4n) is 1.77. The van der Waals surface area contributed by atoms with Gasteiger partial charge in [0.2, 0.25) is 5.16 Å². The lowest BCUT2D eigenvalue weighted by molar-refractivity contribution is 0.198. The second-order valence-electron chi connectivity index (χ2n) is 4.42. The lowest BCUT2D eigenvalue weighted by Gasteiger charge is -2.05. The fourth-order valence-corrected chi connectivity index (χ4v) is 2.50. The first-order valence-electron chi connectivity index (χ1n) is 6.40. The van der Waals surface area contributed by atoms with Gasteiger partial charge in [-0.3, -0.25) is 0 Å². The van der Waals surface area contributed by atoms with Crippen molar-refractivity contribution in [3.05, 3.63) is 54.2 Å². The van der Waals surface area contributed by atoms with Gasteiger partial charge < -0.3 is 5.11 Å². The molecule has 106 valence electrons. The molecule has 1 N–H and O–H groups in total. The molecule has 0 aliphatic heterocycles. The number of rotatable bonds is 4. The van der Waals surface area contributed by atoms with Crippen LogP contribution < -0.4 is 0 Å². The van der Waals surface area contributed by atoms with E-state index in [1.54, 1.807) is 17.8 Å². The Bertz CT molecular complexity index is 712. The number of hydrogen-bond donors (Lipinski definition) is 1. The summed E-state index contributed by atoms with van der Waals surface area (Å²) in [5.41, 5.74) is 1.67. The molecular formula is C14H13N5OS. The van der Waals surface area contributed by atoms with Crippen molar-refractivity contribution >= 4 is 11.8 Å². The maximum Gasteiger partial charge on any atom is 0.220 e. The minimum absolute atomic E-state index is 0.522. The van der Waals surface area contributed by atoms with Gasteiger partial charge in [0.1, 0.15) is 5.03 Å². The van der Waals surface area contributed by atoms with E-state index in [0.29, 0.717) is 5.16 Å². The van der Waals surface area contributed by atoms with Gasteiger partial charge in [0.25, 0.3) is 0 Å². The van der Waals surface area contributed by atoms with Crippen molar-refractivity contribution in [2.75, 3.05) is 0 Å². The van der Waals surface area contributed by atoms with Crippen LogP contribution in [0, 0.1) is 0 Å². The van der Waals surface area contributed by atoms with E-state index in [0.717, 1.165) is 16.3 Å². The third-order valence-corrected chi connectivity index (χ3v) is 3.77. The van der Waals surface area contributed by atoms with E-state index >= 15 is 0 Å². The number of nitrogens with zero attached hydrogens (tertiary/aromatic N) is 5. The van der Waals surface area contributed by atoms with Gasteiger partial charge in [0.05, 0.1) is 11.8 Å². The van der Waals surface area contributed by atoms with Gasteiger partial charge in [-0.15, -0.1) is 5.10 Å². The average Bonchev–Trinajstić information content (AvgIpc) is 2.97. The molecule has 3 rings (SSSR count). The lowest BCUT2D eigenvalue weighted by atomic mass is 10.2. The third kappa shape index (κ3) is 3.09. The number of hydrogen-bond acceptors (Lipinski definition) is 6. The van der Waals surface area contributed by atoms with Gasteiger partial charge >= 0.3 is 0 Å². The van der Waals surface area contributed by atoms with Gasteiger partial charge in [-0.1, -0.05) is 24.3 Å². The SMILES string of the molecule is C[C@H](O)c1ccc(Sc2nnnn2-c2ccccc2)nc1. The Labute approximate surface area is 125 Å². The van der Waals surface area contributed by atoms with Crippen LogP contribution in [0.1, 0.15) is 18.6 Å². The monoisotopic (exact) mass is 299 g/mol. The Kier molecular flexibility index (Phi) is 3.94. The van der Waals surface area contributed by atoms with Crippen molar-refractivity contribution in [2.45, 2.75) is 23.2 Å². The quantitative estimate of drug-likeness (QED) is 0.796. The molecular weight excluding hydrogens is 286 g/mol. The molecule has 0 spiro atoms. The van der Waals surface area contributed by atoms with Crippen molar-refractivity contribution in [3.8, 4) is 5.69 Å². The van der Waals surface area contributed by atoms with Gasteiger partial charge in [0, 0.05) is 6.20 Å². The summed E-state index contributed by atoms with van der Waals surface area (Å²) in [7, 11) is 0. The van der Waals surface area contributed by atoms with Crippen LogP contribution in [0.4, 0.5) is 0 Å². The van der Waals surface area contributed by atoms with Crippen LogP contribution in [0.25, 0.3) is 5.69 Å². The molecule has 0 fully saturated rings. The van der Waals surface area contributed by atoms with E-state index in [9.17, 15) is 5.11 Å². The highest BCUT2D eigenvalue weighted by Gasteiger charge is 2.11. The second kappa shape index (κ2) is 6.02. The normalized spacial score (nSPS) is 12.3. The minimum atomic E-state index is -0.522. The number of aromatic nitrogens is 5. The smallest absolute Gasteiger partial charge is 0.220 e. The summed E-state index contributed by atoms with van der Waals surface area (Å²) in [5, 5.41) is 22.6. The number of benzene rings is 1. The van der Waals surface area contributed by atoms with Crippen molar-refractivity contribution < 1.29 is 5.11 Å². The molecule has 0 unspecified atom stereocenters. The number of aliphatic hydroxyl groups is 1. The van der Waals surface area contributed by atoms with E-state index in [-0.39, 0.29) is 0 Å². The lowest BCUT2D eigenvalue weighted by Crippen LogP contribution is -1.99. The van der Waals surface area contributed by atoms with E-state index in [2.05, 4.69) is 20.5 Å². The Morgan fingerprint density at radius 2 is 1.95 bits per heavy atom. The van der Waals surface area contributed by atoms with E-state index < -0.39 is 6.10 Å². The molecule has 2 heterocycles. The van der Waals surface area contributed by atoms with E-state index in [4.69, 9.17) is 0 Å². The zero-order valence-electron chi connectivity index (χ0n) is 11.3. The van der Waals surface area contributed by atoms with Gasteiger partial charge in [-0.25, -0.2) is 4.98 Å². The zero-order chi connectivity index (χ0) is 14.7. The van der Waals surface area contributed by atoms with Crippen LogP contribution in [0.15, 0.2) is 58.8 Å². The Morgan fingerprint density at radius 3 is 2.62 bits per heavy atom. The molecule has 7 heteroatoms. The highest BCUT2D eigenvalue weighted by atomic mass is 32.2. The van der Waals surface area contributed by atoms with Crippen molar-refractivity contribution in [1.82, 2.24) is 25.2 Å². The average molecular weight is 299 g/mol. The van der Waals surface area contributed by atoms with Crippen molar-refractivity contribution in [3.63, 3.8) is 0 Å². The number of tetrazole rings is 1. The first-order chi connectivity index (χ1) is 10.2. The van der Waals surface area contributed by atoms with Gasteiger partial charge in [0.15, 0.2) is 0 Å². The molecule has 0 radical (unpaired) electrons. The Hall–Kier alpha value is -2.25. The van der Waals surface area contributed by atoms with Gasteiger partial charge in [-0.2, -0.15) is 4.68 Å². The predicted octanol–water partition coefficient (Wildman–Crippen LogP) is 2.26. The molecule has 0 amide bonds. The highest BCUT2D eigenvalue weighted by Crippen LogP contribution is 2.25. The van der Waals surface area contributed by atoms with E-state index in [1.807, 2.05) is 42.5 Å². The van der Waals surface area contributed by atoms with Crippen LogP contribution in [-0.2, 0) is 0 Å². The zero-order valence-corrected chi connectivity index (χ0v) is 12.1. The summed E-state index contributed by atoms with van der Waals surface area (Å²) >= 11 is 1.37. The van der Waals surface area contributed by atoms with E-state index in [1.165, 1.54) is 11.8 Å². The van der Waals surface area contributed by atoms with Crippen LogP contribution in [0.5, 0.6) is 0 Å². The fraction of sp³-hybridized carbons (Fsp3) is 0.143. The number of para-hydroxylation sites is 1. The summed E-state index contributed by atoms with van der Waals surface area (Å²) in [5.74, 6) is 0.